The number of carbonyl (C=O) groups excluding carboxylic acids is 1. The molecule has 0 bridgehead atoms. The van der Waals surface area contributed by atoms with Gasteiger partial charge in [0.05, 0.1) is 12.1 Å². The highest BCUT2D eigenvalue weighted by Crippen LogP contribution is 2.26. The van der Waals surface area contributed by atoms with Crippen molar-refractivity contribution in [2.24, 2.45) is 5.92 Å². The number of amides is 1. The van der Waals surface area contributed by atoms with Crippen LogP contribution in [0.1, 0.15) is 25.3 Å². The Morgan fingerprint density at radius 2 is 2.33 bits per heavy atom. The minimum Gasteiger partial charge on any atom is -0.495 e. The van der Waals surface area contributed by atoms with Crippen molar-refractivity contribution in [3.05, 3.63) is 28.8 Å². The Kier molecular flexibility index (Phi) is 5.88. The van der Waals surface area contributed by atoms with Gasteiger partial charge in [-0.25, -0.2) is 0 Å². The maximum absolute atomic E-state index is 11.0. The van der Waals surface area contributed by atoms with Crippen LogP contribution in [-0.2, 0) is 11.3 Å². The summed E-state index contributed by atoms with van der Waals surface area (Å²) in [6, 6.07) is 5.94. The van der Waals surface area contributed by atoms with Crippen molar-refractivity contribution in [3.8, 4) is 5.75 Å². The van der Waals surface area contributed by atoms with Crippen molar-refractivity contribution in [2.45, 2.75) is 26.3 Å². The molecule has 1 N–H and O–H groups in total. The van der Waals surface area contributed by atoms with Crippen LogP contribution >= 0.6 is 11.6 Å². The second-order valence-corrected chi connectivity index (χ2v) is 6.06. The van der Waals surface area contributed by atoms with E-state index in [0.29, 0.717) is 16.7 Å². The molecular formula is C16H23ClN2O2. The number of hydrogen-bond acceptors (Lipinski definition) is 3. The van der Waals surface area contributed by atoms with Crippen LogP contribution < -0.4 is 10.1 Å². The Balaban J connectivity index is 1.90. The first-order valence-corrected chi connectivity index (χ1v) is 7.75. The zero-order chi connectivity index (χ0) is 15.2. The van der Waals surface area contributed by atoms with E-state index in [1.165, 1.54) is 18.4 Å². The molecule has 1 aromatic carbocycles. The number of nitrogens with one attached hydrogen (secondary N) is 1. The van der Waals surface area contributed by atoms with E-state index in [-0.39, 0.29) is 5.91 Å². The van der Waals surface area contributed by atoms with E-state index in [0.717, 1.165) is 26.2 Å². The first kappa shape index (κ1) is 16.1. The molecule has 1 aliphatic rings. The largest absolute Gasteiger partial charge is 0.495 e. The maximum atomic E-state index is 11.0. The molecule has 2 rings (SSSR count). The number of likely N-dealkylation sites (tertiary alicyclic amines) is 1. The van der Waals surface area contributed by atoms with Gasteiger partial charge in [0.1, 0.15) is 5.75 Å². The molecule has 0 radical (unpaired) electrons. The van der Waals surface area contributed by atoms with E-state index in [2.05, 4.69) is 16.3 Å². The third kappa shape index (κ3) is 4.90. The monoisotopic (exact) mass is 310 g/mol. The van der Waals surface area contributed by atoms with Gasteiger partial charge in [0.2, 0.25) is 5.91 Å². The molecular weight excluding hydrogens is 288 g/mol. The lowest BCUT2D eigenvalue weighted by Gasteiger charge is -2.32. The average molecular weight is 311 g/mol. The Labute approximate surface area is 131 Å². The average Bonchev–Trinajstić information content (AvgIpc) is 2.46. The highest BCUT2D eigenvalue weighted by molar-refractivity contribution is 6.32. The highest BCUT2D eigenvalue weighted by Gasteiger charge is 2.20. The van der Waals surface area contributed by atoms with Crippen LogP contribution in [0.15, 0.2) is 18.2 Å². The van der Waals surface area contributed by atoms with E-state index in [1.807, 2.05) is 12.1 Å². The fraction of sp³-hybridized carbons (Fsp3) is 0.562. The number of halogens is 1. The Morgan fingerprint density at radius 1 is 1.52 bits per heavy atom. The predicted octanol–water partition coefficient (Wildman–Crippen LogP) is 2.70. The molecule has 0 aromatic heterocycles. The molecule has 5 heteroatoms. The summed E-state index contributed by atoms with van der Waals surface area (Å²) in [6.45, 7) is 5.35. The Bertz CT molecular complexity index is 493. The molecule has 1 saturated heterocycles. The first-order chi connectivity index (χ1) is 10.1. The van der Waals surface area contributed by atoms with Crippen molar-refractivity contribution in [3.63, 3.8) is 0 Å². The van der Waals surface area contributed by atoms with Gasteiger partial charge in [-0.05, 0) is 43.0 Å². The molecule has 1 aromatic rings. The molecule has 1 aliphatic heterocycles. The summed E-state index contributed by atoms with van der Waals surface area (Å²) in [5, 5.41) is 3.58. The minimum atomic E-state index is 0.0501. The summed E-state index contributed by atoms with van der Waals surface area (Å²) in [4.78, 5) is 13.4. The van der Waals surface area contributed by atoms with Crippen LogP contribution in [-0.4, -0.2) is 37.6 Å². The number of benzene rings is 1. The molecule has 116 valence electrons. The van der Waals surface area contributed by atoms with Crippen LogP contribution in [0.2, 0.25) is 5.02 Å². The SMILES string of the molecule is COc1ccc(CN2CCC[C@H](CNC(C)=O)C2)cc1Cl. The number of hydrogen-bond donors (Lipinski definition) is 1. The van der Waals surface area contributed by atoms with Crippen molar-refractivity contribution in [1.82, 2.24) is 10.2 Å². The Morgan fingerprint density at radius 3 is 3.00 bits per heavy atom. The van der Waals surface area contributed by atoms with Gasteiger partial charge in [-0.3, -0.25) is 9.69 Å². The summed E-state index contributed by atoms with van der Waals surface area (Å²) >= 11 is 6.17. The second-order valence-electron chi connectivity index (χ2n) is 5.65. The van der Waals surface area contributed by atoms with Crippen molar-refractivity contribution >= 4 is 17.5 Å². The first-order valence-electron chi connectivity index (χ1n) is 7.37. The number of carbonyl (C=O) groups is 1. The standard InChI is InChI=1S/C16H23ClN2O2/c1-12(20)18-9-14-4-3-7-19(11-14)10-13-5-6-16(21-2)15(17)8-13/h5-6,8,14H,3-4,7,9-11H2,1-2H3,(H,18,20)/t14-/m1/s1. The number of nitrogens with zero attached hydrogens (tertiary/aromatic N) is 1. The van der Waals surface area contributed by atoms with Gasteiger partial charge in [-0.15, -0.1) is 0 Å². The third-order valence-corrected chi connectivity index (χ3v) is 4.16. The molecule has 0 unspecified atom stereocenters. The van der Waals surface area contributed by atoms with Gasteiger partial charge < -0.3 is 10.1 Å². The van der Waals surface area contributed by atoms with Crippen LogP contribution in [0.25, 0.3) is 0 Å². The minimum absolute atomic E-state index is 0.0501. The van der Waals surface area contributed by atoms with Gasteiger partial charge in [0.25, 0.3) is 0 Å². The van der Waals surface area contributed by atoms with Gasteiger partial charge in [0.15, 0.2) is 0 Å². The van der Waals surface area contributed by atoms with E-state index in [9.17, 15) is 4.79 Å². The molecule has 1 heterocycles. The fourth-order valence-electron chi connectivity index (χ4n) is 2.82. The van der Waals surface area contributed by atoms with Gasteiger partial charge in [-0.2, -0.15) is 0 Å². The van der Waals surface area contributed by atoms with Crippen LogP contribution in [0.5, 0.6) is 5.75 Å². The molecule has 0 aliphatic carbocycles. The van der Waals surface area contributed by atoms with Crippen LogP contribution in [0.4, 0.5) is 0 Å². The second kappa shape index (κ2) is 7.66. The molecule has 0 saturated carbocycles. The third-order valence-electron chi connectivity index (χ3n) is 3.87. The highest BCUT2D eigenvalue weighted by atomic mass is 35.5. The van der Waals surface area contributed by atoms with Crippen LogP contribution in [0.3, 0.4) is 0 Å². The number of rotatable bonds is 5. The lowest BCUT2D eigenvalue weighted by atomic mass is 9.97. The van der Waals surface area contributed by atoms with Crippen molar-refractivity contribution in [1.29, 1.82) is 0 Å². The fourth-order valence-corrected chi connectivity index (χ4v) is 3.10. The van der Waals surface area contributed by atoms with E-state index in [4.69, 9.17) is 16.3 Å². The quantitative estimate of drug-likeness (QED) is 0.909. The number of methoxy groups -OCH3 is 1. The zero-order valence-electron chi connectivity index (χ0n) is 12.7. The summed E-state index contributed by atoms with van der Waals surface area (Å²) in [5.74, 6) is 1.30. The smallest absolute Gasteiger partial charge is 0.216 e. The normalized spacial score (nSPS) is 19.3. The number of piperidine rings is 1. The lowest BCUT2D eigenvalue weighted by molar-refractivity contribution is -0.119. The predicted molar refractivity (Wildman–Crippen MR) is 84.7 cm³/mol. The summed E-state index contributed by atoms with van der Waals surface area (Å²) in [5.41, 5.74) is 1.20. The molecule has 4 nitrogen and oxygen atoms in total. The summed E-state index contributed by atoms with van der Waals surface area (Å²) < 4.78 is 5.18. The van der Waals surface area contributed by atoms with E-state index in [1.54, 1.807) is 14.0 Å². The van der Waals surface area contributed by atoms with Crippen molar-refractivity contribution < 1.29 is 9.53 Å². The van der Waals surface area contributed by atoms with Gasteiger partial charge in [0, 0.05) is 26.6 Å². The molecule has 1 fully saturated rings. The van der Waals surface area contributed by atoms with E-state index >= 15 is 0 Å². The summed E-state index contributed by atoms with van der Waals surface area (Å²) in [6.07, 6.45) is 2.36. The number of ether oxygens (including phenoxy) is 1. The van der Waals surface area contributed by atoms with E-state index < -0.39 is 0 Å². The molecule has 21 heavy (non-hydrogen) atoms. The molecule has 0 spiro atoms. The zero-order valence-corrected chi connectivity index (χ0v) is 13.4. The van der Waals surface area contributed by atoms with Crippen molar-refractivity contribution in [2.75, 3.05) is 26.7 Å². The maximum Gasteiger partial charge on any atom is 0.216 e. The van der Waals surface area contributed by atoms with Gasteiger partial charge >= 0.3 is 0 Å². The topological polar surface area (TPSA) is 41.6 Å². The molecule has 1 atom stereocenters. The lowest BCUT2D eigenvalue weighted by Crippen LogP contribution is -2.40. The van der Waals surface area contributed by atoms with Gasteiger partial charge in [-0.1, -0.05) is 17.7 Å². The molecule has 1 amide bonds. The van der Waals surface area contributed by atoms with Crippen LogP contribution in [0, 0.1) is 5.92 Å². The summed E-state index contributed by atoms with van der Waals surface area (Å²) in [7, 11) is 1.62. The Hall–Kier alpha value is -1.26.